The van der Waals surface area contributed by atoms with Crippen LogP contribution in [0.3, 0.4) is 0 Å². The fourth-order valence-electron chi connectivity index (χ4n) is 4.64. The SMILES string of the molecule is C=C(C)[C@@H]1CC[C@](C)([C@@H](O)Cc2c(O)cc3c(c2O)C(=O)C[C@@H](c2ccc(O)c(OC)c2)O3)O1. The molecule has 2 aromatic carbocycles. The monoisotopic (exact) mass is 470 g/mol. The van der Waals surface area contributed by atoms with Gasteiger partial charge in [-0.15, -0.1) is 0 Å². The van der Waals surface area contributed by atoms with Crippen LogP contribution in [-0.2, 0) is 11.2 Å². The summed E-state index contributed by atoms with van der Waals surface area (Å²) in [7, 11) is 1.42. The van der Waals surface area contributed by atoms with E-state index < -0.39 is 23.6 Å². The Kier molecular flexibility index (Phi) is 6.22. The number of methoxy groups -OCH3 is 1. The number of hydrogen-bond acceptors (Lipinski definition) is 8. The predicted octanol–water partition coefficient (Wildman–Crippen LogP) is 3.94. The number of aliphatic hydroxyl groups is 1. The Morgan fingerprint density at radius 3 is 2.65 bits per heavy atom. The van der Waals surface area contributed by atoms with Crippen LogP contribution in [0.4, 0.5) is 0 Å². The molecule has 0 amide bonds. The number of ether oxygens (including phenoxy) is 3. The molecule has 2 aromatic rings. The average molecular weight is 471 g/mol. The quantitative estimate of drug-likeness (QED) is 0.468. The molecule has 0 aromatic heterocycles. The lowest BCUT2D eigenvalue weighted by Crippen LogP contribution is -2.41. The van der Waals surface area contributed by atoms with Gasteiger partial charge in [0.1, 0.15) is 28.9 Å². The molecule has 0 saturated carbocycles. The van der Waals surface area contributed by atoms with E-state index in [2.05, 4.69) is 6.58 Å². The number of phenols is 3. The molecule has 0 unspecified atom stereocenters. The van der Waals surface area contributed by atoms with Crippen LogP contribution >= 0.6 is 0 Å². The third-order valence-corrected chi connectivity index (χ3v) is 6.81. The third kappa shape index (κ3) is 4.19. The van der Waals surface area contributed by atoms with Crippen molar-refractivity contribution in [3.05, 3.63) is 53.1 Å². The molecule has 2 heterocycles. The maximum atomic E-state index is 13.0. The Morgan fingerprint density at radius 2 is 2.00 bits per heavy atom. The van der Waals surface area contributed by atoms with Crippen molar-refractivity contribution in [2.45, 2.75) is 63.4 Å². The first-order valence-corrected chi connectivity index (χ1v) is 11.2. The van der Waals surface area contributed by atoms with Gasteiger partial charge in [-0.05, 0) is 44.4 Å². The molecule has 0 spiro atoms. The van der Waals surface area contributed by atoms with E-state index in [9.17, 15) is 25.2 Å². The Bertz CT molecular complexity index is 1140. The normalized spacial score (nSPS) is 24.9. The highest BCUT2D eigenvalue weighted by atomic mass is 16.5. The van der Waals surface area contributed by atoms with E-state index in [1.54, 1.807) is 19.1 Å². The molecule has 4 rings (SSSR count). The van der Waals surface area contributed by atoms with Crippen LogP contribution < -0.4 is 9.47 Å². The summed E-state index contributed by atoms with van der Waals surface area (Å²) in [5.41, 5.74) is 0.641. The summed E-state index contributed by atoms with van der Waals surface area (Å²) in [5, 5.41) is 42.3. The zero-order chi connectivity index (χ0) is 24.8. The lowest BCUT2D eigenvalue weighted by Gasteiger charge is -2.32. The summed E-state index contributed by atoms with van der Waals surface area (Å²) in [5.74, 6) is -0.805. The Labute approximate surface area is 198 Å². The van der Waals surface area contributed by atoms with Crippen molar-refractivity contribution in [1.29, 1.82) is 0 Å². The molecule has 2 aliphatic heterocycles. The van der Waals surface area contributed by atoms with Crippen LogP contribution in [0.5, 0.6) is 28.7 Å². The summed E-state index contributed by atoms with van der Waals surface area (Å²) in [4.78, 5) is 13.0. The zero-order valence-electron chi connectivity index (χ0n) is 19.5. The van der Waals surface area contributed by atoms with Gasteiger partial charge in [0.2, 0.25) is 0 Å². The largest absolute Gasteiger partial charge is 0.507 e. The lowest BCUT2D eigenvalue weighted by atomic mass is 9.87. The molecule has 1 saturated heterocycles. The van der Waals surface area contributed by atoms with Gasteiger partial charge in [-0.1, -0.05) is 18.2 Å². The maximum absolute atomic E-state index is 13.0. The van der Waals surface area contributed by atoms with Gasteiger partial charge in [0.15, 0.2) is 17.3 Å². The first kappa shape index (κ1) is 23.9. The topological polar surface area (TPSA) is 126 Å². The zero-order valence-corrected chi connectivity index (χ0v) is 19.5. The highest BCUT2D eigenvalue weighted by Crippen LogP contribution is 2.46. The summed E-state index contributed by atoms with van der Waals surface area (Å²) in [6, 6.07) is 5.92. The van der Waals surface area contributed by atoms with Crippen molar-refractivity contribution in [3.8, 4) is 28.7 Å². The van der Waals surface area contributed by atoms with Gasteiger partial charge >= 0.3 is 0 Å². The van der Waals surface area contributed by atoms with Crippen LogP contribution in [-0.4, -0.2) is 51.1 Å². The second kappa shape index (κ2) is 8.85. The number of benzene rings is 2. The number of carbonyl (C=O) groups excluding carboxylic acids is 1. The van der Waals surface area contributed by atoms with Crippen LogP contribution in [0.25, 0.3) is 0 Å². The second-order valence-corrected chi connectivity index (χ2v) is 9.29. The molecule has 0 bridgehead atoms. The van der Waals surface area contributed by atoms with Crippen molar-refractivity contribution in [3.63, 3.8) is 0 Å². The van der Waals surface area contributed by atoms with Crippen LogP contribution in [0.1, 0.15) is 60.7 Å². The molecule has 182 valence electrons. The van der Waals surface area contributed by atoms with Gasteiger partial charge in [-0.2, -0.15) is 0 Å². The lowest BCUT2D eigenvalue weighted by molar-refractivity contribution is -0.0956. The third-order valence-electron chi connectivity index (χ3n) is 6.81. The molecular weight excluding hydrogens is 440 g/mol. The van der Waals surface area contributed by atoms with Crippen LogP contribution in [0, 0.1) is 0 Å². The minimum absolute atomic E-state index is 0.0284. The summed E-state index contributed by atoms with van der Waals surface area (Å²) in [6.07, 6.45) is -0.703. The van der Waals surface area contributed by atoms with E-state index >= 15 is 0 Å². The minimum atomic E-state index is -1.02. The number of Topliss-reactive ketones (excluding diaryl/α,β-unsaturated/α-hetero) is 1. The maximum Gasteiger partial charge on any atom is 0.174 e. The molecule has 0 aliphatic carbocycles. The van der Waals surface area contributed by atoms with Crippen molar-refractivity contribution < 1.29 is 39.4 Å². The molecular formula is C26H30O8. The van der Waals surface area contributed by atoms with Gasteiger partial charge in [0.25, 0.3) is 0 Å². The van der Waals surface area contributed by atoms with Gasteiger partial charge in [0, 0.05) is 18.1 Å². The summed E-state index contributed by atoms with van der Waals surface area (Å²) in [6.45, 7) is 7.58. The Hall–Kier alpha value is -3.23. The fourth-order valence-corrected chi connectivity index (χ4v) is 4.64. The number of aliphatic hydroxyl groups excluding tert-OH is 1. The Morgan fingerprint density at radius 1 is 1.26 bits per heavy atom. The van der Waals surface area contributed by atoms with E-state index in [0.29, 0.717) is 12.0 Å². The van der Waals surface area contributed by atoms with Crippen molar-refractivity contribution in [1.82, 2.24) is 0 Å². The number of hydrogen-bond donors (Lipinski definition) is 4. The molecule has 8 nitrogen and oxygen atoms in total. The molecule has 2 aliphatic rings. The van der Waals surface area contributed by atoms with E-state index in [-0.39, 0.29) is 58.9 Å². The van der Waals surface area contributed by atoms with Crippen LogP contribution in [0.15, 0.2) is 36.4 Å². The van der Waals surface area contributed by atoms with Crippen molar-refractivity contribution in [2.75, 3.05) is 7.11 Å². The van der Waals surface area contributed by atoms with E-state index in [4.69, 9.17) is 14.2 Å². The van der Waals surface area contributed by atoms with Gasteiger partial charge in [-0.25, -0.2) is 0 Å². The second-order valence-electron chi connectivity index (χ2n) is 9.29. The number of fused-ring (bicyclic) bond motifs is 1. The predicted molar refractivity (Wildman–Crippen MR) is 124 cm³/mol. The standard InChI is InChI=1S/C26H30O8/c1-13(2)19-7-8-26(3,34-19)23(30)10-15-17(28)11-22-24(25(15)31)18(29)12-20(33-22)14-5-6-16(27)21(9-14)32-4/h5-6,9,11,19-20,23,27-28,30-31H,1,7-8,10,12H2,2-4H3/t19-,20-,23-,26+/m0/s1. The molecule has 1 fully saturated rings. The molecule has 4 N–H and O–H groups in total. The number of carbonyl (C=O) groups is 1. The highest BCUT2D eigenvalue weighted by Gasteiger charge is 2.43. The fraction of sp³-hybridized carbons (Fsp3) is 0.423. The van der Waals surface area contributed by atoms with E-state index in [0.717, 1.165) is 12.0 Å². The number of phenolic OH excluding ortho intramolecular Hbond substituents is 3. The van der Waals surface area contributed by atoms with E-state index in [1.165, 1.54) is 19.2 Å². The van der Waals surface area contributed by atoms with Gasteiger partial charge in [-0.3, -0.25) is 4.79 Å². The van der Waals surface area contributed by atoms with Gasteiger partial charge in [0.05, 0.1) is 31.3 Å². The van der Waals surface area contributed by atoms with Crippen LogP contribution in [0.2, 0.25) is 0 Å². The van der Waals surface area contributed by atoms with E-state index in [1.807, 2.05) is 6.92 Å². The smallest absolute Gasteiger partial charge is 0.174 e. The molecule has 8 heteroatoms. The Balaban J connectivity index is 1.60. The number of aromatic hydroxyl groups is 3. The van der Waals surface area contributed by atoms with Crippen molar-refractivity contribution >= 4 is 5.78 Å². The summed E-state index contributed by atoms with van der Waals surface area (Å²) < 4.78 is 17.1. The molecule has 0 radical (unpaired) electrons. The summed E-state index contributed by atoms with van der Waals surface area (Å²) >= 11 is 0. The van der Waals surface area contributed by atoms with Gasteiger partial charge < -0.3 is 34.6 Å². The minimum Gasteiger partial charge on any atom is -0.507 e. The highest BCUT2D eigenvalue weighted by molar-refractivity contribution is 6.03. The molecule has 34 heavy (non-hydrogen) atoms. The average Bonchev–Trinajstić information content (AvgIpc) is 3.20. The number of rotatable bonds is 6. The first-order valence-electron chi connectivity index (χ1n) is 11.2. The van der Waals surface area contributed by atoms with Crippen molar-refractivity contribution in [2.24, 2.45) is 0 Å². The first-order chi connectivity index (χ1) is 16.0. The number of ketones is 1. The molecule has 4 atom stereocenters.